The number of benzene rings is 2. The van der Waals surface area contributed by atoms with Crippen LogP contribution in [0.4, 0.5) is 11.4 Å². The zero-order valence-electron chi connectivity index (χ0n) is 12.0. The molecule has 2 aromatic carbocycles. The van der Waals surface area contributed by atoms with Gasteiger partial charge in [-0.1, -0.05) is 18.2 Å². The van der Waals surface area contributed by atoms with Crippen molar-refractivity contribution in [2.24, 2.45) is 0 Å². The van der Waals surface area contributed by atoms with Gasteiger partial charge in [0.1, 0.15) is 17.4 Å². The number of carbonyl (C=O) groups excluding carboxylic acids is 1. The molecule has 2 rings (SSSR count). The number of nitrogens with zero attached hydrogens (tertiary/aromatic N) is 1. The molecule has 0 aliphatic rings. The Kier molecular flexibility index (Phi) is 5.16. The number of rotatable bonds is 5. The monoisotopic (exact) mass is 293 g/mol. The van der Waals surface area contributed by atoms with Crippen molar-refractivity contribution in [3.05, 3.63) is 66.4 Å². The van der Waals surface area contributed by atoms with Crippen molar-refractivity contribution in [1.82, 2.24) is 0 Å². The summed E-state index contributed by atoms with van der Waals surface area (Å²) in [5, 5.41) is 14.7. The summed E-state index contributed by atoms with van der Waals surface area (Å²) < 4.78 is 5.04. The average Bonchev–Trinajstić information content (AvgIpc) is 2.57. The number of anilines is 2. The van der Waals surface area contributed by atoms with E-state index in [0.717, 1.165) is 5.69 Å². The molecule has 22 heavy (non-hydrogen) atoms. The molecule has 5 nitrogen and oxygen atoms in total. The number of hydrogen-bond donors (Lipinski definition) is 2. The minimum atomic E-state index is -0.476. The summed E-state index contributed by atoms with van der Waals surface area (Å²) in [5.74, 6) is 0.218. The van der Waals surface area contributed by atoms with E-state index >= 15 is 0 Å². The molecule has 1 amide bonds. The van der Waals surface area contributed by atoms with Gasteiger partial charge in [-0.25, -0.2) is 0 Å². The average molecular weight is 293 g/mol. The Balaban J connectivity index is 2.03. The Morgan fingerprint density at radius 1 is 1.09 bits per heavy atom. The van der Waals surface area contributed by atoms with Gasteiger partial charge in [-0.3, -0.25) is 4.79 Å². The normalized spacial score (nSPS) is 10.5. The second-order valence-corrected chi connectivity index (χ2v) is 4.36. The smallest absolute Gasteiger partial charge is 0.267 e. The highest BCUT2D eigenvalue weighted by molar-refractivity contribution is 6.06. The van der Waals surface area contributed by atoms with E-state index in [-0.39, 0.29) is 5.57 Å². The van der Waals surface area contributed by atoms with E-state index < -0.39 is 5.91 Å². The largest absolute Gasteiger partial charge is 0.497 e. The summed E-state index contributed by atoms with van der Waals surface area (Å²) in [6.45, 7) is 0. The highest BCUT2D eigenvalue weighted by atomic mass is 16.5. The van der Waals surface area contributed by atoms with Crippen molar-refractivity contribution >= 4 is 17.3 Å². The van der Waals surface area contributed by atoms with Crippen LogP contribution in [-0.2, 0) is 4.79 Å². The molecule has 2 N–H and O–H groups in total. The van der Waals surface area contributed by atoms with Crippen LogP contribution in [-0.4, -0.2) is 13.0 Å². The van der Waals surface area contributed by atoms with Gasteiger partial charge in [0, 0.05) is 17.6 Å². The molecule has 5 heteroatoms. The van der Waals surface area contributed by atoms with Gasteiger partial charge in [0.05, 0.1) is 7.11 Å². The number of para-hydroxylation sites is 1. The number of hydrogen-bond acceptors (Lipinski definition) is 4. The SMILES string of the molecule is COc1ccc(NC(=O)/C(C#N)=C\Nc2ccccc2)cc1. The van der Waals surface area contributed by atoms with E-state index in [9.17, 15) is 4.79 Å². The minimum absolute atomic E-state index is 0.0142. The van der Waals surface area contributed by atoms with E-state index in [1.54, 1.807) is 31.4 Å². The van der Waals surface area contributed by atoms with E-state index in [1.165, 1.54) is 6.20 Å². The molecular weight excluding hydrogens is 278 g/mol. The zero-order chi connectivity index (χ0) is 15.8. The quantitative estimate of drug-likeness (QED) is 0.656. The minimum Gasteiger partial charge on any atom is -0.497 e. The van der Waals surface area contributed by atoms with Crippen LogP contribution in [0, 0.1) is 11.3 Å². The number of methoxy groups -OCH3 is 1. The first-order valence-electron chi connectivity index (χ1n) is 6.60. The van der Waals surface area contributed by atoms with Gasteiger partial charge in [-0.2, -0.15) is 5.26 Å². The van der Waals surface area contributed by atoms with Crippen LogP contribution >= 0.6 is 0 Å². The molecular formula is C17H15N3O2. The van der Waals surface area contributed by atoms with E-state index in [4.69, 9.17) is 10.00 Å². The molecule has 0 radical (unpaired) electrons. The highest BCUT2D eigenvalue weighted by Crippen LogP contribution is 2.15. The van der Waals surface area contributed by atoms with Gasteiger partial charge in [0.15, 0.2) is 0 Å². The number of carbonyl (C=O) groups is 1. The van der Waals surface area contributed by atoms with Gasteiger partial charge in [0.25, 0.3) is 5.91 Å². The van der Waals surface area contributed by atoms with Crippen molar-refractivity contribution in [3.63, 3.8) is 0 Å². The molecule has 0 aliphatic carbocycles. The summed E-state index contributed by atoms with van der Waals surface area (Å²) >= 11 is 0. The Labute approximate surface area is 128 Å². The fraction of sp³-hybridized carbons (Fsp3) is 0.0588. The van der Waals surface area contributed by atoms with Gasteiger partial charge < -0.3 is 15.4 Å². The predicted octanol–water partition coefficient (Wildman–Crippen LogP) is 3.15. The number of ether oxygens (including phenoxy) is 1. The lowest BCUT2D eigenvalue weighted by molar-refractivity contribution is -0.112. The second kappa shape index (κ2) is 7.50. The standard InChI is InChI=1S/C17H15N3O2/c1-22-16-9-7-15(8-10-16)20-17(21)13(11-18)12-19-14-5-3-2-4-6-14/h2-10,12,19H,1H3,(H,20,21)/b13-12-. The highest BCUT2D eigenvalue weighted by Gasteiger charge is 2.09. The summed E-state index contributed by atoms with van der Waals surface area (Å²) in [6.07, 6.45) is 1.38. The van der Waals surface area contributed by atoms with E-state index in [1.807, 2.05) is 36.4 Å². The summed E-state index contributed by atoms with van der Waals surface area (Å²) in [6, 6.07) is 18.0. The number of nitriles is 1. The molecule has 0 fully saturated rings. The van der Waals surface area contributed by atoms with E-state index in [2.05, 4.69) is 10.6 Å². The van der Waals surface area contributed by atoms with Crippen LogP contribution < -0.4 is 15.4 Å². The summed E-state index contributed by atoms with van der Waals surface area (Å²) in [5.41, 5.74) is 1.37. The van der Waals surface area contributed by atoms with Crippen molar-refractivity contribution in [2.75, 3.05) is 17.7 Å². The molecule has 0 aromatic heterocycles. The molecule has 0 aliphatic heterocycles. The van der Waals surface area contributed by atoms with Crippen molar-refractivity contribution < 1.29 is 9.53 Å². The van der Waals surface area contributed by atoms with Crippen LogP contribution in [0.1, 0.15) is 0 Å². The van der Waals surface area contributed by atoms with Gasteiger partial charge in [-0.05, 0) is 36.4 Å². The lowest BCUT2D eigenvalue weighted by Crippen LogP contribution is -2.14. The van der Waals surface area contributed by atoms with Crippen molar-refractivity contribution in [1.29, 1.82) is 5.26 Å². The van der Waals surface area contributed by atoms with Crippen LogP contribution in [0.15, 0.2) is 66.4 Å². The molecule has 0 spiro atoms. The Hall–Kier alpha value is -3.26. The fourth-order valence-corrected chi connectivity index (χ4v) is 1.71. The predicted molar refractivity (Wildman–Crippen MR) is 85.4 cm³/mol. The maximum Gasteiger partial charge on any atom is 0.267 e. The molecule has 2 aromatic rings. The first kappa shape index (κ1) is 15.1. The zero-order valence-corrected chi connectivity index (χ0v) is 12.0. The second-order valence-electron chi connectivity index (χ2n) is 4.36. The Bertz CT molecular complexity index is 701. The van der Waals surface area contributed by atoms with Crippen LogP contribution in [0.5, 0.6) is 5.75 Å². The molecule has 110 valence electrons. The number of nitrogens with one attached hydrogen (secondary N) is 2. The van der Waals surface area contributed by atoms with Crippen molar-refractivity contribution in [2.45, 2.75) is 0 Å². The molecule has 0 heterocycles. The molecule has 0 unspecified atom stereocenters. The molecule has 0 saturated carbocycles. The third-order valence-electron chi connectivity index (χ3n) is 2.87. The third-order valence-corrected chi connectivity index (χ3v) is 2.87. The molecule has 0 bridgehead atoms. The first-order chi connectivity index (χ1) is 10.7. The van der Waals surface area contributed by atoms with Crippen LogP contribution in [0.2, 0.25) is 0 Å². The maximum absolute atomic E-state index is 12.0. The summed E-state index contributed by atoms with van der Waals surface area (Å²) in [4.78, 5) is 12.0. The third kappa shape index (κ3) is 4.12. The lowest BCUT2D eigenvalue weighted by atomic mass is 10.2. The van der Waals surface area contributed by atoms with Crippen LogP contribution in [0.25, 0.3) is 0 Å². The van der Waals surface area contributed by atoms with Gasteiger partial charge in [-0.15, -0.1) is 0 Å². The lowest BCUT2D eigenvalue weighted by Gasteiger charge is -2.06. The Morgan fingerprint density at radius 2 is 1.77 bits per heavy atom. The molecule has 0 saturated heterocycles. The topological polar surface area (TPSA) is 74.1 Å². The number of amides is 1. The van der Waals surface area contributed by atoms with Crippen LogP contribution in [0.3, 0.4) is 0 Å². The van der Waals surface area contributed by atoms with Crippen molar-refractivity contribution in [3.8, 4) is 11.8 Å². The van der Waals surface area contributed by atoms with Gasteiger partial charge in [0.2, 0.25) is 0 Å². The van der Waals surface area contributed by atoms with Gasteiger partial charge >= 0.3 is 0 Å². The molecule has 0 atom stereocenters. The first-order valence-corrected chi connectivity index (χ1v) is 6.60. The summed E-state index contributed by atoms with van der Waals surface area (Å²) in [7, 11) is 1.57. The van der Waals surface area contributed by atoms with E-state index in [0.29, 0.717) is 11.4 Å². The Morgan fingerprint density at radius 3 is 2.36 bits per heavy atom. The fourth-order valence-electron chi connectivity index (χ4n) is 1.71. The maximum atomic E-state index is 12.0.